The standard InChI is InChI=1S/C15H22F2N4S/c1-2-8-21-13(11-3-6-18-7-4-11)19-20-14(21)22-9-5-12-10-15(12,16)17/h2,11-12,18H,1,3-10H2. The van der Waals surface area contributed by atoms with E-state index < -0.39 is 11.8 Å². The van der Waals surface area contributed by atoms with Gasteiger partial charge in [-0.25, -0.2) is 8.78 Å². The molecular formula is C15H22F2N4S. The van der Waals surface area contributed by atoms with E-state index in [9.17, 15) is 8.78 Å². The van der Waals surface area contributed by atoms with Gasteiger partial charge < -0.3 is 9.88 Å². The Bertz CT molecular complexity index is 526. The van der Waals surface area contributed by atoms with Gasteiger partial charge >= 0.3 is 0 Å². The van der Waals surface area contributed by atoms with Crippen molar-refractivity contribution in [3.8, 4) is 0 Å². The summed E-state index contributed by atoms with van der Waals surface area (Å²) in [5.74, 6) is -0.742. The van der Waals surface area contributed by atoms with Crippen LogP contribution in [-0.2, 0) is 6.54 Å². The monoisotopic (exact) mass is 328 g/mol. The van der Waals surface area contributed by atoms with Crippen molar-refractivity contribution in [1.82, 2.24) is 20.1 Å². The lowest BCUT2D eigenvalue weighted by Crippen LogP contribution is -2.28. The molecule has 1 aromatic rings. The van der Waals surface area contributed by atoms with E-state index in [1.807, 2.05) is 6.08 Å². The third-order valence-corrected chi connectivity index (χ3v) is 5.41. The maximum absolute atomic E-state index is 12.9. The molecule has 0 bridgehead atoms. The predicted molar refractivity (Wildman–Crippen MR) is 83.5 cm³/mol. The number of piperidine rings is 1. The van der Waals surface area contributed by atoms with Crippen LogP contribution in [0.25, 0.3) is 0 Å². The number of nitrogens with one attached hydrogen (secondary N) is 1. The van der Waals surface area contributed by atoms with Gasteiger partial charge in [-0.2, -0.15) is 0 Å². The highest BCUT2D eigenvalue weighted by Crippen LogP contribution is 2.51. The van der Waals surface area contributed by atoms with Crippen molar-refractivity contribution in [2.45, 2.75) is 49.2 Å². The molecule has 1 unspecified atom stereocenters. The average molecular weight is 328 g/mol. The number of allylic oxidation sites excluding steroid dienone is 1. The fourth-order valence-corrected chi connectivity index (χ4v) is 3.97. The third-order valence-electron chi connectivity index (χ3n) is 4.41. The van der Waals surface area contributed by atoms with E-state index in [1.165, 1.54) is 11.8 Å². The summed E-state index contributed by atoms with van der Waals surface area (Å²) in [6, 6.07) is 0. The highest BCUT2D eigenvalue weighted by molar-refractivity contribution is 7.99. The molecule has 1 saturated carbocycles. The lowest BCUT2D eigenvalue weighted by Gasteiger charge is -2.22. The van der Waals surface area contributed by atoms with Crippen LogP contribution in [0.2, 0.25) is 0 Å². The van der Waals surface area contributed by atoms with E-state index in [-0.39, 0.29) is 6.42 Å². The predicted octanol–water partition coefficient (Wildman–Crippen LogP) is 3.07. The summed E-state index contributed by atoms with van der Waals surface area (Å²) in [6.07, 6.45) is 4.56. The Kier molecular flexibility index (Phi) is 4.82. The van der Waals surface area contributed by atoms with Crippen LogP contribution >= 0.6 is 11.8 Å². The summed E-state index contributed by atoms with van der Waals surface area (Å²) in [4.78, 5) is 0. The summed E-state index contributed by atoms with van der Waals surface area (Å²) in [7, 11) is 0. The van der Waals surface area contributed by atoms with Gasteiger partial charge in [0.25, 0.3) is 5.92 Å². The molecule has 7 heteroatoms. The second-order valence-electron chi connectivity index (χ2n) is 6.06. The molecule has 0 aromatic carbocycles. The van der Waals surface area contributed by atoms with E-state index >= 15 is 0 Å². The topological polar surface area (TPSA) is 42.7 Å². The van der Waals surface area contributed by atoms with Gasteiger partial charge in [-0.3, -0.25) is 0 Å². The van der Waals surface area contributed by atoms with Crippen molar-refractivity contribution in [2.75, 3.05) is 18.8 Å². The number of hydrogen-bond acceptors (Lipinski definition) is 4. The Labute approximate surface area is 133 Å². The van der Waals surface area contributed by atoms with E-state index in [2.05, 4.69) is 26.7 Å². The molecule has 3 rings (SSSR count). The number of nitrogens with zero attached hydrogens (tertiary/aromatic N) is 3. The lowest BCUT2D eigenvalue weighted by molar-refractivity contribution is 0.0983. The van der Waals surface area contributed by atoms with Gasteiger partial charge in [0.1, 0.15) is 5.82 Å². The minimum Gasteiger partial charge on any atom is -0.317 e. The summed E-state index contributed by atoms with van der Waals surface area (Å²) >= 11 is 1.53. The first-order valence-electron chi connectivity index (χ1n) is 7.87. The van der Waals surface area contributed by atoms with Gasteiger partial charge in [-0.1, -0.05) is 17.8 Å². The molecule has 0 spiro atoms. The molecule has 1 aliphatic carbocycles. The quantitative estimate of drug-likeness (QED) is 0.617. The average Bonchev–Trinajstić information content (AvgIpc) is 2.93. The maximum Gasteiger partial charge on any atom is 0.251 e. The molecule has 1 saturated heterocycles. The molecule has 4 nitrogen and oxygen atoms in total. The Hall–Kier alpha value is -0.950. The number of thioether (sulfide) groups is 1. The SMILES string of the molecule is C=CCn1c(SCCC2CC2(F)F)nnc1C1CCNCC1. The molecule has 2 aliphatic rings. The van der Waals surface area contributed by atoms with Crippen molar-refractivity contribution >= 4 is 11.8 Å². The van der Waals surface area contributed by atoms with Gasteiger partial charge in [0.2, 0.25) is 0 Å². The Morgan fingerprint density at radius 3 is 2.73 bits per heavy atom. The second-order valence-corrected chi connectivity index (χ2v) is 7.13. The fraction of sp³-hybridized carbons (Fsp3) is 0.733. The molecular weight excluding hydrogens is 306 g/mol. The first-order chi connectivity index (χ1) is 10.6. The van der Waals surface area contributed by atoms with Gasteiger partial charge in [-0.05, 0) is 32.4 Å². The largest absolute Gasteiger partial charge is 0.317 e. The highest BCUT2D eigenvalue weighted by atomic mass is 32.2. The van der Waals surface area contributed by atoms with Crippen LogP contribution in [0.5, 0.6) is 0 Å². The summed E-state index contributed by atoms with van der Waals surface area (Å²) < 4.78 is 27.9. The number of rotatable bonds is 7. The first-order valence-corrected chi connectivity index (χ1v) is 8.85. The fourth-order valence-electron chi connectivity index (χ4n) is 2.96. The molecule has 0 radical (unpaired) electrons. The highest BCUT2D eigenvalue weighted by Gasteiger charge is 2.55. The van der Waals surface area contributed by atoms with Gasteiger partial charge in [0.15, 0.2) is 5.16 Å². The van der Waals surface area contributed by atoms with Crippen LogP contribution in [0.1, 0.15) is 37.4 Å². The minimum atomic E-state index is -2.42. The molecule has 1 atom stereocenters. The Morgan fingerprint density at radius 2 is 2.09 bits per heavy atom. The lowest BCUT2D eigenvalue weighted by atomic mass is 9.97. The van der Waals surface area contributed by atoms with Gasteiger partial charge in [-0.15, -0.1) is 16.8 Å². The van der Waals surface area contributed by atoms with Crippen LogP contribution in [0.3, 0.4) is 0 Å². The Morgan fingerprint density at radius 1 is 1.36 bits per heavy atom. The Balaban J connectivity index is 1.62. The summed E-state index contributed by atoms with van der Waals surface area (Å²) in [5.41, 5.74) is 0. The molecule has 1 N–H and O–H groups in total. The number of alkyl halides is 2. The van der Waals surface area contributed by atoms with Crippen LogP contribution in [0.15, 0.2) is 17.8 Å². The molecule has 0 amide bonds. The number of halogens is 2. The maximum atomic E-state index is 12.9. The van der Waals surface area contributed by atoms with E-state index in [1.54, 1.807) is 0 Å². The molecule has 2 fully saturated rings. The van der Waals surface area contributed by atoms with E-state index in [0.29, 0.717) is 24.6 Å². The van der Waals surface area contributed by atoms with Gasteiger partial charge in [0, 0.05) is 30.6 Å². The first kappa shape index (κ1) is 15.9. The number of hydrogen-bond donors (Lipinski definition) is 1. The minimum absolute atomic E-state index is 0.0488. The second kappa shape index (κ2) is 6.66. The number of aromatic nitrogens is 3. The van der Waals surface area contributed by atoms with Crippen molar-refractivity contribution in [2.24, 2.45) is 5.92 Å². The van der Waals surface area contributed by atoms with Crippen LogP contribution in [0, 0.1) is 5.92 Å². The molecule has 122 valence electrons. The smallest absolute Gasteiger partial charge is 0.251 e. The van der Waals surface area contributed by atoms with Crippen molar-refractivity contribution in [3.63, 3.8) is 0 Å². The van der Waals surface area contributed by atoms with Gasteiger partial charge in [0.05, 0.1) is 0 Å². The molecule has 1 aliphatic heterocycles. The van der Waals surface area contributed by atoms with Crippen LogP contribution < -0.4 is 5.32 Å². The zero-order chi connectivity index (χ0) is 15.6. The van der Waals surface area contributed by atoms with E-state index in [4.69, 9.17) is 0 Å². The van der Waals surface area contributed by atoms with E-state index in [0.717, 1.165) is 36.9 Å². The zero-order valence-electron chi connectivity index (χ0n) is 12.6. The zero-order valence-corrected chi connectivity index (χ0v) is 13.4. The molecule has 22 heavy (non-hydrogen) atoms. The van der Waals surface area contributed by atoms with Crippen molar-refractivity contribution in [3.05, 3.63) is 18.5 Å². The summed E-state index contributed by atoms with van der Waals surface area (Å²) in [5, 5.41) is 12.8. The summed E-state index contributed by atoms with van der Waals surface area (Å²) in [6.45, 7) is 6.49. The van der Waals surface area contributed by atoms with Crippen molar-refractivity contribution in [1.29, 1.82) is 0 Å². The molecule has 1 aromatic heterocycles. The normalized spacial score (nSPS) is 24.4. The van der Waals surface area contributed by atoms with Crippen molar-refractivity contribution < 1.29 is 8.78 Å². The van der Waals surface area contributed by atoms with Crippen LogP contribution in [0.4, 0.5) is 8.78 Å². The molecule has 2 heterocycles. The van der Waals surface area contributed by atoms with Crippen LogP contribution in [-0.4, -0.2) is 39.5 Å². The third kappa shape index (κ3) is 3.51.